The highest BCUT2D eigenvalue weighted by Gasteiger charge is 2.11. The molecule has 0 bridgehead atoms. The first-order valence-corrected chi connectivity index (χ1v) is 6.66. The van der Waals surface area contributed by atoms with Crippen molar-refractivity contribution in [1.29, 1.82) is 0 Å². The molecule has 0 fully saturated rings. The third-order valence-electron chi connectivity index (χ3n) is 3.54. The Kier molecular flexibility index (Phi) is 3.35. The largest absolute Gasteiger partial charge is 0.329 e. The Hall–Kier alpha value is -2.39. The van der Waals surface area contributed by atoms with Crippen LogP contribution in [0.2, 0.25) is 0 Å². The van der Waals surface area contributed by atoms with E-state index in [1.165, 1.54) is 5.39 Å². The number of fused-ring (bicyclic) bond motifs is 1. The Morgan fingerprint density at radius 2 is 1.60 bits per heavy atom. The van der Waals surface area contributed by atoms with Crippen molar-refractivity contribution in [1.82, 2.24) is 4.98 Å². The quantitative estimate of drug-likeness (QED) is 0.787. The van der Waals surface area contributed by atoms with E-state index in [1.807, 2.05) is 43.6 Å². The van der Waals surface area contributed by atoms with E-state index < -0.39 is 0 Å². The van der Waals surface area contributed by atoms with Gasteiger partial charge in [0.25, 0.3) is 0 Å². The van der Waals surface area contributed by atoms with E-state index in [1.54, 1.807) is 0 Å². The average Bonchev–Trinajstić information content (AvgIpc) is 2.54. The number of pyridine rings is 1. The summed E-state index contributed by atoms with van der Waals surface area (Å²) in [6.07, 6.45) is 1.87. The zero-order chi connectivity index (χ0) is 13.9. The molecule has 0 aliphatic rings. The summed E-state index contributed by atoms with van der Waals surface area (Å²) in [5.41, 5.74) is 7.99. The molecule has 1 heterocycles. The van der Waals surface area contributed by atoms with Gasteiger partial charge in [-0.15, -0.1) is 0 Å². The van der Waals surface area contributed by atoms with Gasteiger partial charge >= 0.3 is 0 Å². The first-order valence-electron chi connectivity index (χ1n) is 6.66. The number of aromatic nitrogens is 1. The van der Waals surface area contributed by atoms with E-state index in [0.717, 1.165) is 22.5 Å². The highest BCUT2D eigenvalue weighted by Crippen LogP contribution is 2.30. The van der Waals surface area contributed by atoms with E-state index in [2.05, 4.69) is 34.1 Å². The van der Waals surface area contributed by atoms with Gasteiger partial charge in [0, 0.05) is 30.9 Å². The third-order valence-corrected chi connectivity index (χ3v) is 3.54. The standard InChI is InChI=1S/C17H17N3/c1-20(14-7-3-2-4-8-14)17-16-10-6-5-9-15(16)13(11-18)12-19-17/h2-10,12H,11,18H2,1H3. The minimum absolute atomic E-state index is 0.503. The molecule has 0 saturated heterocycles. The molecule has 0 saturated carbocycles. The SMILES string of the molecule is CN(c1ccccc1)c1ncc(CN)c2ccccc12. The maximum absolute atomic E-state index is 5.80. The number of para-hydroxylation sites is 1. The molecule has 2 aromatic carbocycles. The summed E-state index contributed by atoms with van der Waals surface area (Å²) in [6.45, 7) is 0.503. The molecular formula is C17H17N3. The zero-order valence-corrected chi connectivity index (χ0v) is 11.5. The minimum Gasteiger partial charge on any atom is -0.329 e. The number of rotatable bonds is 3. The van der Waals surface area contributed by atoms with Gasteiger partial charge in [-0.3, -0.25) is 0 Å². The number of nitrogens with two attached hydrogens (primary N) is 1. The van der Waals surface area contributed by atoms with Gasteiger partial charge in [0.2, 0.25) is 0 Å². The molecule has 0 aliphatic carbocycles. The van der Waals surface area contributed by atoms with Gasteiger partial charge in [0.1, 0.15) is 5.82 Å². The van der Waals surface area contributed by atoms with Crippen molar-refractivity contribution in [2.45, 2.75) is 6.54 Å². The van der Waals surface area contributed by atoms with Crippen LogP contribution < -0.4 is 10.6 Å². The molecule has 100 valence electrons. The lowest BCUT2D eigenvalue weighted by atomic mass is 10.1. The molecule has 3 heteroatoms. The Labute approximate surface area is 118 Å². The number of anilines is 2. The summed E-state index contributed by atoms with van der Waals surface area (Å²) in [6, 6.07) is 18.5. The molecule has 0 amide bonds. The molecule has 3 nitrogen and oxygen atoms in total. The topological polar surface area (TPSA) is 42.2 Å². The predicted octanol–water partition coefficient (Wildman–Crippen LogP) is 3.46. The molecule has 3 aromatic rings. The second-order valence-corrected chi connectivity index (χ2v) is 4.75. The summed E-state index contributed by atoms with van der Waals surface area (Å²) >= 11 is 0. The van der Waals surface area contributed by atoms with Gasteiger partial charge in [-0.05, 0) is 23.1 Å². The van der Waals surface area contributed by atoms with Gasteiger partial charge in [-0.25, -0.2) is 4.98 Å². The summed E-state index contributed by atoms with van der Waals surface area (Å²) in [5, 5.41) is 2.30. The van der Waals surface area contributed by atoms with Crippen molar-refractivity contribution < 1.29 is 0 Å². The van der Waals surface area contributed by atoms with Crippen LogP contribution in [0.5, 0.6) is 0 Å². The molecule has 0 unspecified atom stereocenters. The van der Waals surface area contributed by atoms with Crippen LogP contribution in [-0.4, -0.2) is 12.0 Å². The highest BCUT2D eigenvalue weighted by atomic mass is 15.2. The lowest BCUT2D eigenvalue weighted by molar-refractivity contribution is 1.05. The van der Waals surface area contributed by atoms with E-state index >= 15 is 0 Å². The molecule has 0 atom stereocenters. The summed E-state index contributed by atoms with van der Waals surface area (Å²) in [4.78, 5) is 6.70. The van der Waals surface area contributed by atoms with Crippen LogP contribution in [0.1, 0.15) is 5.56 Å². The maximum atomic E-state index is 5.80. The van der Waals surface area contributed by atoms with Crippen LogP contribution >= 0.6 is 0 Å². The molecule has 2 N–H and O–H groups in total. The number of hydrogen-bond donors (Lipinski definition) is 1. The van der Waals surface area contributed by atoms with Gasteiger partial charge in [0.15, 0.2) is 0 Å². The number of benzene rings is 2. The second kappa shape index (κ2) is 5.31. The monoisotopic (exact) mass is 263 g/mol. The Morgan fingerprint density at radius 3 is 2.30 bits per heavy atom. The first-order chi connectivity index (χ1) is 9.81. The second-order valence-electron chi connectivity index (χ2n) is 4.75. The van der Waals surface area contributed by atoms with Crippen LogP contribution in [0.25, 0.3) is 10.8 Å². The molecule has 1 aromatic heterocycles. The van der Waals surface area contributed by atoms with Crippen LogP contribution in [0.4, 0.5) is 11.5 Å². The van der Waals surface area contributed by atoms with E-state index in [9.17, 15) is 0 Å². The molecule has 0 aliphatic heterocycles. The van der Waals surface area contributed by atoms with Gasteiger partial charge in [-0.2, -0.15) is 0 Å². The fourth-order valence-electron chi connectivity index (χ4n) is 2.44. The van der Waals surface area contributed by atoms with E-state index in [4.69, 9.17) is 5.73 Å². The Bertz CT molecular complexity index is 723. The Balaban J connectivity index is 2.18. The van der Waals surface area contributed by atoms with E-state index in [0.29, 0.717) is 6.54 Å². The zero-order valence-electron chi connectivity index (χ0n) is 11.5. The lowest BCUT2D eigenvalue weighted by Gasteiger charge is -2.21. The number of hydrogen-bond acceptors (Lipinski definition) is 3. The van der Waals surface area contributed by atoms with Crippen LogP contribution in [0.15, 0.2) is 60.8 Å². The van der Waals surface area contributed by atoms with Crippen molar-refractivity contribution in [3.05, 3.63) is 66.4 Å². The molecular weight excluding hydrogens is 246 g/mol. The van der Waals surface area contributed by atoms with Crippen molar-refractivity contribution in [3.8, 4) is 0 Å². The highest BCUT2D eigenvalue weighted by molar-refractivity contribution is 5.95. The predicted molar refractivity (Wildman–Crippen MR) is 84.1 cm³/mol. The fourth-order valence-corrected chi connectivity index (χ4v) is 2.44. The van der Waals surface area contributed by atoms with Crippen molar-refractivity contribution >= 4 is 22.3 Å². The minimum atomic E-state index is 0.503. The average molecular weight is 263 g/mol. The van der Waals surface area contributed by atoms with Crippen molar-refractivity contribution in [2.24, 2.45) is 5.73 Å². The van der Waals surface area contributed by atoms with Crippen LogP contribution in [-0.2, 0) is 6.54 Å². The number of nitrogens with zero attached hydrogens (tertiary/aromatic N) is 2. The first kappa shape index (κ1) is 12.6. The summed E-state index contributed by atoms with van der Waals surface area (Å²) in [7, 11) is 2.03. The summed E-state index contributed by atoms with van der Waals surface area (Å²) in [5.74, 6) is 0.948. The molecule has 0 spiro atoms. The molecule has 0 radical (unpaired) electrons. The normalized spacial score (nSPS) is 10.7. The molecule has 20 heavy (non-hydrogen) atoms. The molecule has 3 rings (SSSR count). The fraction of sp³-hybridized carbons (Fsp3) is 0.118. The lowest BCUT2D eigenvalue weighted by Crippen LogP contribution is -2.12. The maximum Gasteiger partial charge on any atom is 0.140 e. The van der Waals surface area contributed by atoms with Crippen LogP contribution in [0, 0.1) is 0 Å². The third kappa shape index (κ3) is 2.12. The van der Waals surface area contributed by atoms with Crippen LogP contribution in [0.3, 0.4) is 0 Å². The van der Waals surface area contributed by atoms with Gasteiger partial charge in [0.05, 0.1) is 0 Å². The Morgan fingerprint density at radius 1 is 0.950 bits per heavy atom. The smallest absolute Gasteiger partial charge is 0.140 e. The van der Waals surface area contributed by atoms with E-state index in [-0.39, 0.29) is 0 Å². The van der Waals surface area contributed by atoms with Crippen molar-refractivity contribution in [3.63, 3.8) is 0 Å². The van der Waals surface area contributed by atoms with Gasteiger partial charge in [-0.1, -0.05) is 42.5 Å². The summed E-state index contributed by atoms with van der Waals surface area (Å²) < 4.78 is 0. The van der Waals surface area contributed by atoms with Gasteiger partial charge < -0.3 is 10.6 Å². The van der Waals surface area contributed by atoms with Crippen molar-refractivity contribution in [2.75, 3.05) is 11.9 Å².